The van der Waals surface area contributed by atoms with E-state index in [2.05, 4.69) is 16.8 Å². The molecule has 0 fully saturated rings. The third kappa shape index (κ3) is 3.85. The summed E-state index contributed by atoms with van der Waals surface area (Å²) in [5.74, 6) is 1.71. The first kappa shape index (κ1) is 18.3. The van der Waals surface area contributed by atoms with E-state index in [-0.39, 0.29) is 0 Å². The minimum Gasteiger partial charge on any atom is -0.469 e. The third-order valence-electron chi connectivity index (χ3n) is 3.75. The first-order chi connectivity index (χ1) is 12.4. The van der Waals surface area contributed by atoms with Crippen LogP contribution < -0.4 is 0 Å². The maximum absolute atomic E-state index is 12.8. The molecule has 0 N–H and O–H groups in total. The Balaban J connectivity index is 1.84. The number of allylic oxidation sites excluding steroid dienone is 1. The fraction of sp³-hybridized carbons (Fsp3) is 0.222. The van der Waals surface area contributed by atoms with Gasteiger partial charge in [0.15, 0.2) is 11.0 Å². The normalized spacial score (nSPS) is 11.7. The molecule has 0 atom stereocenters. The number of alkyl halides is 3. The van der Waals surface area contributed by atoms with Gasteiger partial charge < -0.3 is 4.42 Å². The van der Waals surface area contributed by atoms with Crippen molar-refractivity contribution >= 4 is 11.8 Å². The molecule has 0 bridgehead atoms. The molecule has 2 aromatic heterocycles. The Morgan fingerprint density at radius 1 is 1.27 bits per heavy atom. The topological polar surface area (TPSA) is 43.9 Å². The summed E-state index contributed by atoms with van der Waals surface area (Å²) >= 11 is 1.33. The lowest BCUT2D eigenvalue weighted by molar-refractivity contribution is -0.137. The van der Waals surface area contributed by atoms with Crippen LogP contribution in [0.3, 0.4) is 0 Å². The maximum atomic E-state index is 12.8. The molecular formula is C18H16F3N3OS. The van der Waals surface area contributed by atoms with Crippen molar-refractivity contribution in [3.05, 3.63) is 66.1 Å². The van der Waals surface area contributed by atoms with Gasteiger partial charge in [0.05, 0.1) is 17.4 Å². The quantitative estimate of drug-likeness (QED) is 0.428. The standard InChI is InChI=1S/C18H16F3N3OS/c1-3-8-24-16(15-7-9-25-12(15)2)22-23-17(24)26-11-13-5-4-6-14(10-13)18(19,20)21/h3-7,9-10H,1,8,11H2,2H3. The van der Waals surface area contributed by atoms with Crippen molar-refractivity contribution < 1.29 is 17.6 Å². The molecule has 0 aliphatic carbocycles. The second-order valence-electron chi connectivity index (χ2n) is 5.58. The van der Waals surface area contributed by atoms with Gasteiger partial charge in [-0.2, -0.15) is 13.2 Å². The zero-order chi connectivity index (χ0) is 18.7. The fourth-order valence-electron chi connectivity index (χ4n) is 2.49. The lowest BCUT2D eigenvalue weighted by Gasteiger charge is -2.09. The summed E-state index contributed by atoms with van der Waals surface area (Å²) in [6.45, 7) is 6.06. The molecular weight excluding hydrogens is 363 g/mol. The van der Waals surface area contributed by atoms with Crippen molar-refractivity contribution in [3.8, 4) is 11.4 Å². The molecule has 3 rings (SSSR count). The van der Waals surface area contributed by atoms with Gasteiger partial charge in [0, 0.05) is 12.3 Å². The number of hydrogen-bond acceptors (Lipinski definition) is 4. The highest BCUT2D eigenvalue weighted by Gasteiger charge is 2.30. The zero-order valence-electron chi connectivity index (χ0n) is 14.0. The number of aromatic nitrogens is 3. The number of halogens is 3. The van der Waals surface area contributed by atoms with Crippen molar-refractivity contribution in [3.63, 3.8) is 0 Å². The van der Waals surface area contributed by atoms with Gasteiger partial charge in [0.25, 0.3) is 0 Å². The second kappa shape index (κ2) is 7.41. The van der Waals surface area contributed by atoms with Gasteiger partial charge in [-0.1, -0.05) is 36.0 Å². The number of furan rings is 1. The molecule has 0 radical (unpaired) electrons. The molecule has 8 heteroatoms. The van der Waals surface area contributed by atoms with Crippen LogP contribution in [-0.4, -0.2) is 14.8 Å². The highest BCUT2D eigenvalue weighted by Crippen LogP contribution is 2.32. The summed E-state index contributed by atoms with van der Waals surface area (Å²) in [6, 6.07) is 7.10. The molecule has 26 heavy (non-hydrogen) atoms. The van der Waals surface area contributed by atoms with Gasteiger partial charge in [-0.25, -0.2) is 0 Å². The maximum Gasteiger partial charge on any atom is 0.416 e. The predicted molar refractivity (Wildman–Crippen MR) is 93.7 cm³/mol. The molecule has 0 aliphatic heterocycles. The molecule has 1 aromatic carbocycles. The number of hydrogen-bond donors (Lipinski definition) is 0. The van der Waals surface area contributed by atoms with E-state index in [4.69, 9.17) is 4.42 Å². The van der Waals surface area contributed by atoms with Crippen LogP contribution in [0, 0.1) is 6.92 Å². The molecule has 0 saturated heterocycles. The monoisotopic (exact) mass is 379 g/mol. The average Bonchev–Trinajstić information content (AvgIpc) is 3.19. The van der Waals surface area contributed by atoms with E-state index in [0.717, 1.165) is 23.5 Å². The van der Waals surface area contributed by atoms with Gasteiger partial charge >= 0.3 is 6.18 Å². The SMILES string of the molecule is C=CCn1c(SCc2cccc(C(F)(F)F)c2)nnc1-c1ccoc1C. The average molecular weight is 379 g/mol. The van der Waals surface area contributed by atoms with Crippen LogP contribution in [0.2, 0.25) is 0 Å². The Morgan fingerprint density at radius 2 is 2.08 bits per heavy atom. The van der Waals surface area contributed by atoms with Gasteiger partial charge in [-0.05, 0) is 24.6 Å². The predicted octanol–water partition coefficient (Wildman–Crippen LogP) is 5.34. The lowest BCUT2D eigenvalue weighted by atomic mass is 10.1. The van der Waals surface area contributed by atoms with E-state index in [9.17, 15) is 13.2 Å². The number of benzene rings is 1. The Morgan fingerprint density at radius 3 is 2.73 bits per heavy atom. The van der Waals surface area contributed by atoms with E-state index in [1.165, 1.54) is 17.8 Å². The summed E-state index contributed by atoms with van der Waals surface area (Å²) in [5, 5.41) is 9.00. The van der Waals surface area contributed by atoms with Crippen LogP contribution >= 0.6 is 11.8 Å². The van der Waals surface area contributed by atoms with Crippen LogP contribution in [0.15, 0.2) is 58.8 Å². The molecule has 2 heterocycles. The lowest BCUT2D eigenvalue weighted by Crippen LogP contribution is -2.05. The minimum absolute atomic E-state index is 0.351. The van der Waals surface area contributed by atoms with Gasteiger partial charge in [0.2, 0.25) is 0 Å². The van der Waals surface area contributed by atoms with Crippen molar-refractivity contribution in [2.24, 2.45) is 0 Å². The molecule has 0 unspecified atom stereocenters. The summed E-state index contributed by atoms with van der Waals surface area (Å²) < 4.78 is 45.7. The van der Waals surface area contributed by atoms with Crippen molar-refractivity contribution in [1.29, 1.82) is 0 Å². The molecule has 0 spiro atoms. The zero-order valence-corrected chi connectivity index (χ0v) is 14.8. The second-order valence-corrected chi connectivity index (χ2v) is 6.53. The van der Waals surface area contributed by atoms with Gasteiger partial charge in [-0.3, -0.25) is 4.57 Å². The fourth-order valence-corrected chi connectivity index (χ4v) is 3.38. The van der Waals surface area contributed by atoms with Gasteiger partial charge in [-0.15, -0.1) is 16.8 Å². The number of thioether (sulfide) groups is 1. The molecule has 0 saturated carbocycles. The van der Waals surface area contributed by atoms with Crippen LogP contribution in [-0.2, 0) is 18.5 Å². The first-order valence-electron chi connectivity index (χ1n) is 7.77. The Labute approximate surface area is 152 Å². The summed E-state index contributed by atoms with van der Waals surface area (Å²) in [6.07, 6.45) is -1.06. The van der Waals surface area contributed by atoms with E-state index in [1.54, 1.807) is 24.5 Å². The molecule has 0 aliphatic rings. The number of rotatable bonds is 6. The number of nitrogens with zero attached hydrogens (tertiary/aromatic N) is 3. The Bertz CT molecular complexity index is 915. The Kier molecular flexibility index (Phi) is 5.22. The van der Waals surface area contributed by atoms with E-state index >= 15 is 0 Å². The molecule has 136 valence electrons. The summed E-state index contributed by atoms with van der Waals surface area (Å²) in [5.41, 5.74) is 0.738. The first-order valence-corrected chi connectivity index (χ1v) is 8.76. The van der Waals surface area contributed by atoms with E-state index < -0.39 is 11.7 Å². The van der Waals surface area contributed by atoms with Crippen LogP contribution in [0.1, 0.15) is 16.9 Å². The smallest absolute Gasteiger partial charge is 0.416 e. The molecule has 3 aromatic rings. The highest BCUT2D eigenvalue weighted by atomic mass is 32.2. The summed E-state index contributed by atoms with van der Waals surface area (Å²) in [7, 11) is 0. The van der Waals surface area contributed by atoms with E-state index in [1.807, 2.05) is 11.5 Å². The van der Waals surface area contributed by atoms with Crippen molar-refractivity contribution in [2.45, 2.75) is 30.6 Å². The third-order valence-corrected chi connectivity index (χ3v) is 4.79. The van der Waals surface area contributed by atoms with Crippen molar-refractivity contribution in [2.75, 3.05) is 0 Å². The largest absolute Gasteiger partial charge is 0.469 e. The number of aryl methyl sites for hydroxylation is 1. The van der Waals surface area contributed by atoms with Crippen molar-refractivity contribution in [1.82, 2.24) is 14.8 Å². The molecule has 0 amide bonds. The highest BCUT2D eigenvalue weighted by molar-refractivity contribution is 7.98. The van der Waals surface area contributed by atoms with Gasteiger partial charge in [0.1, 0.15) is 5.76 Å². The summed E-state index contributed by atoms with van der Waals surface area (Å²) in [4.78, 5) is 0. The Hall–Kier alpha value is -2.48. The van der Waals surface area contributed by atoms with Crippen LogP contribution in [0.5, 0.6) is 0 Å². The minimum atomic E-state index is -4.35. The van der Waals surface area contributed by atoms with Crippen LogP contribution in [0.25, 0.3) is 11.4 Å². The molecule has 4 nitrogen and oxygen atoms in total. The van der Waals surface area contributed by atoms with Crippen LogP contribution in [0.4, 0.5) is 13.2 Å². The van der Waals surface area contributed by atoms with E-state index in [0.29, 0.717) is 28.8 Å².